The van der Waals surface area contributed by atoms with Crippen molar-refractivity contribution in [2.75, 3.05) is 6.54 Å². The normalized spacial score (nSPS) is 10.9. The molecule has 0 spiro atoms. The standard InChI is InChI=1S/C23H23N5O2/c29-21(12-11-18-7-3-1-4-8-18)24-13-14-28-22-20(15-26-28)23(30)27(17-25-22)16-19-9-5-2-6-10-19/h1-10,15,17H,11-14,16H2,(H,24,29). The smallest absolute Gasteiger partial charge is 0.264 e. The van der Waals surface area contributed by atoms with Crippen LogP contribution in [0.2, 0.25) is 0 Å². The molecule has 7 heteroatoms. The first-order chi connectivity index (χ1) is 14.7. The van der Waals surface area contributed by atoms with Crippen molar-refractivity contribution < 1.29 is 4.79 Å². The quantitative estimate of drug-likeness (QED) is 0.492. The van der Waals surface area contributed by atoms with E-state index < -0.39 is 0 Å². The first-order valence-corrected chi connectivity index (χ1v) is 9.96. The molecule has 0 bridgehead atoms. The highest BCUT2D eigenvalue weighted by atomic mass is 16.1. The van der Waals surface area contributed by atoms with E-state index >= 15 is 0 Å². The molecule has 4 aromatic rings. The van der Waals surface area contributed by atoms with Crippen molar-refractivity contribution in [3.8, 4) is 0 Å². The third-order valence-electron chi connectivity index (χ3n) is 4.95. The largest absolute Gasteiger partial charge is 0.354 e. The van der Waals surface area contributed by atoms with Crippen LogP contribution in [0.1, 0.15) is 17.5 Å². The van der Waals surface area contributed by atoms with Gasteiger partial charge in [-0.25, -0.2) is 9.67 Å². The van der Waals surface area contributed by atoms with Crippen LogP contribution in [0.5, 0.6) is 0 Å². The molecule has 4 rings (SSSR count). The molecule has 0 aliphatic rings. The molecule has 2 aromatic heterocycles. The maximum atomic E-state index is 12.7. The Balaban J connectivity index is 1.35. The Morgan fingerprint density at radius 3 is 2.40 bits per heavy atom. The number of amides is 1. The molecule has 0 saturated heterocycles. The van der Waals surface area contributed by atoms with E-state index in [-0.39, 0.29) is 11.5 Å². The minimum absolute atomic E-state index is 0.00603. The molecule has 0 radical (unpaired) electrons. The summed E-state index contributed by atoms with van der Waals surface area (Å²) >= 11 is 0. The van der Waals surface area contributed by atoms with Crippen LogP contribution in [0.25, 0.3) is 11.0 Å². The lowest BCUT2D eigenvalue weighted by Gasteiger charge is -2.08. The van der Waals surface area contributed by atoms with Crippen molar-refractivity contribution in [2.24, 2.45) is 0 Å². The number of carbonyl (C=O) groups is 1. The number of hydrogen-bond acceptors (Lipinski definition) is 4. The Labute approximate surface area is 174 Å². The van der Waals surface area contributed by atoms with Crippen molar-refractivity contribution in [1.82, 2.24) is 24.6 Å². The van der Waals surface area contributed by atoms with Crippen molar-refractivity contribution >= 4 is 16.9 Å². The lowest BCUT2D eigenvalue weighted by Crippen LogP contribution is -2.28. The van der Waals surface area contributed by atoms with E-state index in [1.807, 2.05) is 60.7 Å². The van der Waals surface area contributed by atoms with Crippen LogP contribution in [0.4, 0.5) is 0 Å². The van der Waals surface area contributed by atoms with Gasteiger partial charge in [-0.15, -0.1) is 0 Å². The van der Waals surface area contributed by atoms with Crippen LogP contribution in [0, 0.1) is 0 Å². The molecule has 0 fully saturated rings. The highest BCUT2D eigenvalue weighted by Crippen LogP contribution is 2.07. The first-order valence-electron chi connectivity index (χ1n) is 9.96. The number of nitrogens with one attached hydrogen (secondary N) is 1. The minimum Gasteiger partial charge on any atom is -0.354 e. The van der Waals surface area contributed by atoms with Crippen LogP contribution in [0.3, 0.4) is 0 Å². The van der Waals surface area contributed by atoms with E-state index in [4.69, 9.17) is 0 Å². The van der Waals surface area contributed by atoms with E-state index in [1.54, 1.807) is 21.8 Å². The molecule has 1 N–H and O–H groups in total. The predicted octanol–water partition coefficient (Wildman–Crippen LogP) is 2.39. The molecule has 0 saturated carbocycles. The van der Waals surface area contributed by atoms with Gasteiger partial charge in [0.25, 0.3) is 5.56 Å². The molecular weight excluding hydrogens is 378 g/mol. The number of hydrogen-bond donors (Lipinski definition) is 1. The molecule has 0 aliphatic heterocycles. The average Bonchev–Trinajstić information content (AvgIpc) is 3.19. The molecule has 0 atom stereocenters. The van der Waals surface area contributed by atoms with Gasteiger partial charge in [0.15, 0.2) is 5.65 Å². The summed E-state index contributed by atoms with van der Waals surface area (Å²) < 4.78 is 3.23. The van der Waals surface area contributed by atoms with E-state index in [1.165, 1.54) is 0 Å². The van der Waals surface area contributed by atoms with Crippen LogP contribution in [0.15, 0.2) is 78.0 Å². The highest BCUT2D eigenvalue weighted by Gasteiger charge is 2.11. The Hall–Kier alpha value is -3.74. The molecule has 2 heterocycles. The third-order valence-corrected chi connectivity index (χ3v) is 4.95. The monoisotopic (exact) mass is 401 g/mol. The average molecular weight is 401 g/mol. The summed E-state index contributed by atoms with van der Waals surface area (Å²) in [5, 5.41) is 7.66. The Morgan fingerprint density at radius 1 is 0.967 bits per heavy atom. The van der Waals surface area contributed by atoms with Gasteiger partial charge in [-0.05, 0) is 17.5 Å². The lowest BCUT2D eigenvalue weighted by molar-refractivity contribution is -0.121. The van der Waals surface area contributed by atoms with Crippen molar-refractivity contribution in [3.05, 3.63) is 94.7 Å². The predicted molar refractivity (Wildman–Crippen MR) is 115 cm³/mol. The number of fused-ring (bicyclic) bond motifs is 1. The molecule has 30 heavy (non-hydrogen) atoms. The van der Waals surface area contributed by atoms with Crippen LogP contribution in [-0.2, 0) is 24.3 Å². The second kappa shape index (κ2) is 9.17. The summed E-state index contributed by atoms with van der Waals surface area (Å²) in [7, 11) is 0. The number of rotatable bonds is 8. The zero-order chi connectivity index (χ0) is 20.8. The van der Waals surface area contributed by atoms with Gasteiger partial charge >= 0.3 is 0 Å². The molecule has 7 nitrogen and oxygen atoms in total. The summed E-state index contributed by atoms with van der Waals surface area (Å²) in [6.45, 7) is 1.35. The fourth-order valence-corrected chi connectivity index (χ4v) is 3.35. The molecule has 152 valence electrons. The Bertz CT molecular complexity index is 1180. The van der Waals surface area contributed by atoms with Gasteiger partial charge in [0.1, 0.15) is 11.7 Å². The second-order valence-corrected chi connectivity index (χ2v) is 7.10. The van der Waals surface area contributed by atoms with E-state index in [2.05, 4.69) is 15.4 Å². The number of aromatic nitrogens is 4. The van der Waals surface area contributed by atoms with Gasteiger partial charge < -0.3 is 5.32 Å². The van der Waals surface area contributed by atoms with Crippen molar-refractivity contribution in [1.29, 1.82) is 0 Å². The minimum atomic E-state index is -0.123. The van der Waals surface area contributed by atoms with Crippen molar-refractivity contribution in [2.45, 2.75) is 25.9 Å². The molecular formula is C23H23N5O2. The Morgan fingerprint density at radius 2 is 1.67 bits per heavy atom. The van der Waals surface area contributed by atoms with Gasteiger partial charge in [-0.1, -0.05) is 60.7 Å². The summed E-state index contributed by atoms with van der Waals surface area (Å²) in [4.78, 5) is 29.2. The van der Waals surface area contributed by atoms with E-state index in [0.29, 0.717) is 43.5 Å². The zero-order valence-corrected chi connectivity index (χ0v) is 16.6. The van der Waals surface area contributed by atoms with Crippen LogP contribution in [-0.4, -0.2) is 31.8 Å². The first kappa shape index (κ1) is 19.6. The van der Waals surface area contributed by atoms with Crippen LogP contribution < -0.4 is 10.9 Å². The molecule has 1 amide bonds. The number of benzene rings is 2. The number of carbonyl (C=O) groups excluding carboxylic acids is 1. The van der Waals surface area contributed by atoms with Gasteiger partial charge in [-0.2, -0.15) is 5.10 Å². The highest BCUT2D eigenvalue weighted by molar-refractivity contribution is 5.76. The van der Waals surface area contributed by atoms with Gasteiger partial charge in [-0.3, -0.25) is 14.2 Å². The maximum Gasteiger partial charge on any atom is 0.264 e. The second-order valence-electron chi connectivity index (χ2n) is 7.10. The maximum absolute atomic E-state index is 12.7. The summed E-state index contributed by atoms with van der Waals surface area (Å²) in [6.07, 6.45) is 4.24. The van der Waals surface area contributed by atoms with Gasteiger partial charge in [0.05, 0.1) is 19.3 Å². The summed E-state index contributed by atoms with van der Waals surface area (Å²) in [6, 6.07) is 19.7. The van der Waals surface area contributed by atoms with Gasteiger partial charge in [0, 0.05) is 13.0 Å². The SMILES string of the molecule is O=C(CCc1ccccc1)NCCn1ncc2c(=O)n(Cc3ccccc3)cnc21. The summed E-state index contributed by atoms with van der Waals surface area (Å²) in [5.41, 5.74) is 2.58. The van der Waals surface area contributed by atoms with E-state index in [9.17, 15) is 9.59 Å². The van der Waals surface area contributed by atoms with Crippen molar-refractivity contribution in [3.63, 3.8) is 0 Å². The summed E-state index contributed by atoms with van der Waals surface area (Å²) in [5.74, 6) is -0.00603. The fraction of sp³-hybridized carbons (Fsp3) is 0.217. The fourth-order valence-electron chi connectivity index (χ4n) is 3.35. The van der Waals surface area contributed by atoms with E-state index in [0.717, 1.165) is 11.1 Å². The third kappa shape index (κ3) is 4.63. The molecule has 2 aromatic carbocycles. The topological polar surface area (TPSA) is 81.8 Å². The Kier molecular flexibility index (Phi) is 5.98. The van der Waals surface area contributed by atoms with Crippen LogP contribution >= 0.6 is 0 Å². The molecule has 0 aliphatic carbocycles. The number of nitrogens with zero attached hydrogens (tertiary/aromatic N) is 4. The zero-order valence-electron chi connectivity index (χ0n) is 16.6. The van der Waals surface area contributed by atoms with Gasteiger partial charge in [0.2, 0.25) is 5.91 Å². The number of aryl methyl sites for hydroxylation is 1. The molecule has 0 unspecified atom stereocenters. The lowest BCUT2D eigenvalue weighted by atomic mass is 10.1.